The van der Waals surface area contributed by atoms with Crippen molar-refractivity contribution in [2.24, 2.45) is 0 Å². The van der Waals surface area contributed by atoms with Crippen molar-refractivity contribution < 1.29 is 4.79 Å². The topological polar surface area (TPSA) is 64.0 Å². The van der Waals surface area contributed by atoms with E-state index in [-0.39, 0.29) is 24.1 Å². The molecule has 5 nitrogen and oxygen atoms in total. The zero-order valence-corrected chi connectivity index (χ0v) is 12.1. The van der Waals surface area contributed by atoms with Crippen LogP contribution in [0.3, 0.4) is 0 Å². The van der Waals surface area contributed by atoms with E-state index in [1.165, 1.54) is 23.7 Å². The minimum Gasteiger partial charge on any atom is -0.352 e. The fraction of sp³-hybridized carbons (Fsp3) is 0.438. The minimum atomic E-state index is -0.162. The first-order valence-electron chi connectivity index (χ1n) is 7.38. The maximum absolute atomic E-state index is 12.4. The molecule has 1 amide bonds. The van der Waals surface area contributed by atoms with Crippen LogP contribution >= 0.6 is 0 Å². The van der Waals surface area contributed by atoms with Gasteiger partial charge in [-0.2, -0.15) is 0 Å². The molecule has 5 heteroatoms. The summed E-state index contributed by atoms with van der Waals surface area (Å²) in [4.78, 5) is 28.7. The summed E-state index contributed by atoms with van der Waals surface area (Å²) in [6.45, 7) is 1.97. The van der Waals surface area contributed by atoms with Crippen molar-refractivity contribution in [1.29, 1.82) is 0 Å². The molecule has 0 radical (unpaired) electrons. The zero-order valence-electron chi connectivity index (χ0n) is 12.1. The quantitative estimate of drug-likeness (QED) is 0.934. The van der Waals surface area contributed by atoms with E-state index in [0.29, 0.717) is 10.9 Å². The van der Waals surface area contributed by atoms with Crippen molar-refractivity contribution in [2.45, 2.75) is 45.2 Å². The lowest BCUT2D eigenvalue weighted by Gasteiger charge is -2.12. The Morgan fingerprint density at radius 3 is 2.90 bits per heavy atom. The van der Waals surface area contributed by atoms with Crippen molar-refractivity contribution in [2.75, 3.05) is 0 Å². The number of hydrogen-bond acceptors (Lipinski definition) is 3. The van der Waals surface area contributed by atoms with Crippen LogP contribution in [0.25, 0.3) is 10.9 Å². The molecular weight excluding hydrogens is 266 g/mol. The highest BCUT2D eigenvalue weighted by Crippen LogP contribution is 2.17. The Hall–Kier alpha value is -2.17. The number of aromatic nitrogens is 2. The molecule has 1 fully saturated rings. The number of rotatable bonds is 3. The Balaban J connectivity index is 1.81. The van der Waals surface area contributed by atoms with Crippen molar-refractivity contribution >= 4 is 16.8 Å². The lowest BCUT2D eigenvalue weighted by atomic mass is 10.2. The van der Waals surface area contributed by atoms with E-state index in [0.717, 1.165) is 18.4 Å². The van der Waals surface area contributed by atoms with Crippen molar-refractivity contribution in [3.05, 3.63) is 40.4 Å². The number of carbonyl (C=O) groups is 1. The highest BCUT2D eigenvalue weighted by Gasteiger charge is 2.17. The second kappa shape index (κ2) is 5.68. The van der Waals surface area contributed by atoms with Crippen LogP contribution in [0.5, 0.6) is 0 Å². The van der Waals surface area contributed by atoms with Crippen LogP contribution in [0.15, 0.2) is 29.3 Å². The minimum absolute atomic E-state index is 0.0339. The Morgan fingerprint density at radius 2 is 2.14 bits per heavy atom. The summed E-state index contributed by atoms with van der Waals surface area (Å²) in [7, 11) is 0. The second-order valence-corrected chi connectivity index (χ2v) is 5.75. The summed E-state index contributed by atoms with van der Waals surface area (Å²) in [6, 6.07) is 5.83. The molecule has 3 rings (SSSR count). The molecule has 0 atom stereocenters. The van der Waals surface area contributed by atoms with Crippen LogP contribution < -0.4 is 10.9 Å². The van der Waals surface area contributed by atoms with Crippen LogP contribution in [0.2, 0.25) is 0 Å². The summed E-state index contributed by atoms with van der Waals surface area (Å²) in [5.41, 5.74) is 1.51. The zero-order chi connectivity index (χ0) is 14.8. The molecule has 0 bridgehead atoms. The largest absolute Gasteiger partial charge is 0.352 e. The van der Waals surface area contributed by atoms with Crippen molar-refractivity contribution in [1.82, 2.24) is 14.9 Å². The van der Waals surface area contributed by atoms with E-state index >= 15 is 0 Å². The number of hydrogen-bond donors (Lipinski definition) is 1. The number of nitrogens with one attached hydrogen (secondary N) is 1. The number of aryl methyl sites for hydroxylation is 1. The number of fused-ring (bicyclic) bond motifs is 1. The second-order valence-electron chi connectivity index (χ2n) is 5.75. The molecule has 2 aromatic rings. The van der Waals surface area contributed by atoms with Gasteiger partial charge in [0, 0.05) is 6.04 Å². The molecule has 0 saturated heterocycles. The van der Waals surface area contributed by atoms with E-state index in [4.69, 9.17) is 0 Å². The fourth-order valence-electron chi connectivity index (χ4n) is 2.88. The molecule has 0 aliphatic heterocycles. The Bertz CT molecular complexity index is 730. The van der Waals surface area contributed by atoms with E-state index in [9.17, 15) is 9.59 Å². The molecule has 1 aliphatic carbocycles. The fourth-order valence-corrected chi connectivity index (χ4v) is 2.88. The van der Waals surface area contributed by atoms with Gasteiger partial charge in [0.15, 0.2) is 0 Å². The lowest BCUT2D eigenvalue weighted by Crippen LogP contribution is -2.37. The van der Waals surface area contributed by atoms with Gasteiger partial charge in [-0.15, -0.1) is 0 Å². The number of benzene rings is 1. The maximum atomic E-state index is 12.4. The third-order valence-electron chi connectivity index (χ3n) is 4.01. The normalized spacial score (nSPS) is 15.5. The Kier molecular flexibility index (Phi) is 3.73. The summed E-state index contributed by atoms with van der Waals surface area (Å²) >= 11 is 0. The smallest absolute Gasteiger partial charge is 0.261 e. The van der Waals surface area contributed by atoms with Crippen molar-refractivity contribution in [3.63, 3.8) is 0 Å². The molecule has 1 aliphatic rings. The molecule has 1 aromatic heterocycles. The van der Waals surface area contributed by atoms with E-state index < -0.39 is 0 Å². The van der Waals surface area contributed by atoms with Crippen LogP contribution in [-0.2, 0) is 11.3 Å². The number of carbonyl (C=O) groups excluding carboxylic acids is 1. The molecule has 1 aromatic carbocycles. The Morgan fingerprint density at radius 1 is 1.38 bits per heavy atom. The maximum Gasteiger partial charge on any atom is 0.261 e. The van der Waals surface area contributed by atoms with Gasteiger partial charge in [0.2, 0.25) is 5.91 Å². The van der Waals surface area contributed by atoms with Gasteiger partial charge in [0.25, 0.3) is 5.56 Å². The lowest BCUT2D eigenvalue weighted by molar-refractivity contribution is -0.122. The summed E-state index contributed by atoms with van der Waals surface area (Å²) in [5.74, 6) is -0.113. The monoisotopic (exact) mass is 285 g/mol. The molecular formula is C16H19N3O2. The van der Waals surface area contributed by atoms with Crippen LogP contribution in [0, 0.1) is 6.92 Å². The SMILES string of the molecule is Cc1ccc2ncn(CC(=O)NC3CCCC3)c(=O)c2c1. The van der Waals surface area contributed by atoms with Gasteiger partial charge >= 0.3 is 0 Å². The predicted octanol–water partition coefficient (Wildman–Crippen LogP) is 1.76. The molecule has 1 heterocycles. The highest BCUT2D eigenvalue weighted by atomic mass is 16.2. The van der Waals surface area contributed by atoms with Crippen LogP contribution in [0.4, 0.5) is 0 Å². The van der Waals surface area contributed by atoms with Gasteiger partial charge in [0.1, 0.15) is 6.54 Å². The van der Waals surface area contributed by atoms with Gasteiger partial charge < -0.3 is 5.32 Å². The molecule has 1 N–H and O–H groups in total. The molecule has 1 saturated carbocycles. The van der Waals surface area contributed by atoms with Crippen molar-refractivity contribution in [3.8, 4) is 0 Å². The summed E-state index contributed by atoms with van der Waals surface area (Å²) in [5, 5.41) is 3.55. The third kappa shape index (κ3) is 2.96. The standard InChI is InChI=1S/C16H19N3O2/c1-11-6-7-14-13(8-11)16(21)19(10-17-14)9-15(20)18-12-4-2-3-5-12/h6-8,10,12H,2-5,9H2,1H3,(H,18,20). The van der Waals surface area contributed by atoms with Gasteiger partial charge in [-0.3, -0.25) is 14.2 Å². The third-order valence-corrected chi connectivity index (χ3v) is 4.01. The molecule has 110 valence electrons. The molecule has 21 heavy (non-hydrogen) atoms. The van der Waals surface area contributed by atoms with Crippen LogP contribution in [-0.4, -0.2) is 21.5 Å². The average Bonchev–Trinajstić information content (AvgIpc) is 2.95. The van der Waals surface area contributed by atoms with Gasteiger partial charge in [-0.05, 0) is 31.9 Å². The highest BCUT2D eigenvalue weighted by molar-refractivity contribution is 5.79. The first-order chi connectivity index (χ1) is 10.1. The van der Waals surface area contributed by atoms with E-state index in [2.05, 4.69) is 10.3 Å². The number of nitrogens with zero attached hydrogens (tertiary/aromatic N) is 2. The van der Waals surface area contributed by atoms with Gasteiger partial charge in [-0.25, -0.2) is 4.98 Å². The molecule has 0 spiro atoms. The first kappa shape index (κ1) is 13.8. The number of amides is 1. The Labute approximate surface area is 123 Å². The van der Waals surface area contributed by atoms with Gasteiger partial charge in [-0.1, -0.05) is 24.5 Å². The van der Waals surface area contributed by atoms with E-state index in [1.807, 2.05) is 25.1 Å². The predicted molar refractivity (Wildman–Crippen MR) is 81.1 cm³/mol. The van der Waals surface area contributed by atoms with Gasteiger partial charge in [0.05, 0.1) is 17.2 Å². The first-order valence-corrected chi connectivity index (χ1v) is 7.38. The summed E-state index contributed by atoms with van der Waals surface area (Å²) in [6.07, 6.45) is 5.86. The van der Waals surface area contributed by atoms with Crippen LogP contribution in [0.1, 0.15) is 31.2 Å². The average molecular weight is 285 g/mol. The molecule has 0 unspecified atom stereocenters. The summed E-state index contributed by atoms with van der Waals surface area (Å²) < 4.78 is 1.38. The van der Waals surface area contributed by atoms with E-state index in [1.54, 1.807) is 0 Å².